The minimum atomic E-state index is -0.412. The Morgan fingerprint density at radius 1 is 1.36 bits per heavy atom. The maximum absolute atomic E-state index is 12.0. The summed E-state index contributed by atoms with van der Waals surface area (Å²) in [5, 5.41) is 2.80. The lowest BCUT2D eigenvalue weighted by Crippen LogP contribution is -2.37. The maximum Gasteiger partial charge on any atom is 0.266 e. The fourth-order valence-corrected chi connectivity index (χ4v) is 2.61. The third-order valence-electron chi connectivity index (χ3n) is 3.65. The average Bonchev–Trinajstić information content (AvgIpc) is 2.55. The molecule has 1 aliphatic heterocycles. The zero-order valence-corrected chi connectivity index (χ0v) is 12.5. The summed E-state index contributed by atoms with van der Waals surface area (Å²) >= 11 is 5.71. The van der Waals surface area contributed by atoms with Gasteiger partial charge < -0.3 is 15.0 Å². The summed E-state index contributed by atoms with van der Waals surface area (Å²) in [5.41, 5.74) is 2.35. The molecule has 1 aromatic carbocycles. The molecule has 0 saturated heterocycles. The van der Waals surface area contributed by atoms with Crippen molar-refractivity contribution in [3.05, 3.63) is 68.6 Å². The highest BCUT2D eigenvalue weighted by atomic mass is 35.5. The molecule has 1 amide bonds. The van der Waals surface area contributed by atoms with Crippen LogP contribution in [0.4, 0.5) is 0 Å². The Morgan fingerprint density at radius 3 is 2.91 bits per heavy atom. The molecule has 2 heterocycles. The topological polar surface area (TPSA) is 71.2 Å². The van der Waals surface area contributed by atoms with Crippen molar-refractivity contribution < 1.29 is 9.53 Å². The van der Waals surface area contributed by atoms with E-state index in [0.717, 1.165) is 6.42 Å². The normalized spacial score (nSPS) is 16.9. The highest BCUT2D eigenvalue weighted by molar-refractivity contribution is 6.30. The Kier molecular flexibility index (Phi) is 4.27. The van der Waals surface area contributed by atoms with Gasteiger partial charge in [-0.15, -0.1) is 0 Å². The number of fused-ring (bicyclic) bond motifs is 1. The number of benzene rings is 1. The van der Waals surface area contributed by atoms with Crippen LogP contribution in [-0.2, 0) is 17.8 Å². The van der Waals surface area contributed by atoms with Gasteiger partial charge in [0.05, 0.1) is 18.3 Å². The summed E-state index contributed by atoms with van der Waals surface area (Å²) in [4.78, 5) is 25.6. The number of halogens is 1. The van der Waals surface area contributed by atoms with Crippen LogP contribution in [0, 0.1) is 0 Å². The zero-order valence-electron chi connectivity index (χ0n) is 11.8. The van der Waals surface area contributed by atoms with E-state index in [1.807, 2.05) is 18.2 Å². The molecule has 1 unspecified atom stereocenters. The van der Waals surface area contributed by atoms with Gasteiger partial charge in [0.2, 0.25) is 0 Å². The summed E-state index contributed by atoms with van der Waals surface area (Å²) < 4.78 is 5.73. The number of hydrogen-bond acceptors (Lipinski definition) is 3. The second-order valence-electron chi connectivity index (χ2n) is 5.18. The predicted molar refractivity (Wildman–Crippen MR) is 83.1 cm³/mol. The molecule has 3 rings (SSSR count). The van der Waals surface area contributed by atoms with Crippen molar-refractivity contribution in [2.24, 2.45) is 0 Å². The number of amides is 1. The third-order valence-corrected chi connectivity index (χ3v) is 3.93. The van der Waals surface area contributed by atoms with E-state index in [2.05, 4.69) is 16.4 Å². The molecule has 2 N–H and O–H groups in total. The highest BCUT2D eigenvalue weighted by Gasteiger charge is 2.19. The molecule has 1 atom stereocenters. The molecular formula is C16H15ClN2O3. The average molecular weight is 319 g/mol. The van der Waals surface area contributed by atoms with Crippen LogP contribution in [0.3, 0.4) is 0 Å². The molecule has 0 saturated carbocycles. The van der Waals surface area contributed by atoms with Gasteiger partial charge in [-0.3, -0.25) is 9.59 Å². The second-order valence-corrected chi connectivity index (χ2v) is 5.59. The lowest BCUT2D eigenvalue weighted by Gasteiger charge is -2.25. The van der Waals surface area contributed by atoms with Crippen molar-refractivity contribution in [2.75, 3.05) is 6.54 Å². The summed E-state index contributed by atoms with van der Waals surface area (Å²) in [5.74, 6) is -0.291. The predicted octanol–water partition coefficient (Wildman–Crippen LogP) is 1.90. The number of H-pyrrole nitrogens is 1. The molecule has 114 valence electrons. The van der Waals surface area contributed by atoms with E-state index in [1.54, 1.807) is 0 Å². The number of aromatic nitrogens is 1. The monoisotopic (exact) mass is 318 g/mol. The number of rotatable bonds is 3. The van der Waals surface area contributed by atoms with Gasteiger partial charge >= 0.3 is 0 Å². The van der Waals surface area contributed by atoms with Crippen molar-refractivity contribution in [3.8, 4) is 0 Å². The van der Waals surface area contributed by atoms with Gasteiger partial charge in [-0.05, 0) is 17.2 Å². The van der Waals surface area contributed by atoms with E-state index in [1.165, 1.54) is 23.4 Å². The first kappa shape index (κ1) is 14.8. The SMILES string of the molecule is O=C(NCC1Cc2ccccc2CO1)c1c[nH]c(=O)c(Cl)c1. The minimum Gasteiger partial charge on any atom is -0.371 e. The number of carbonyl (C=O) groups excluding carboxylic acids is 1. The molecule has 0 aliphatic carbocycles. The minimum absolute atomic E-state index is 0.00417. The molecule has 22 heavy (non-hydrogen) atoms. The second kappa shape index (κ2) is 6.34. The molecule has 6 heteroatoms. The Morgan fingerprint density at radius 2 is 2.14 bits per heavy atom. The van der Waals surface area contributed by atoms with E-state index in [0.29, 0.717) is 18.7 Å². The van der Waals surface area contributed by atoms with Crippen LogP contribution in [0.2, 0.25) is 5.02 Å². The van der Waals surface area contributed by atoms with Crippen molar-refractivity contribution in [1.82, 2.24) is 10.3 Å². The summed E-state index contributed by atoms with van der Waals surface area (Å²) in [6.45, 7) is 0.963. The number of ether oxygens (including phenoxy) is 1. The van der Waals surface area contributed by atoms with Gasteiger partial charge in [0, 0.05) is 19.2 Å². The number of aromatic amines is 1. The van der Waals surface area contributed by atoms with E-state index < -0.39 is 5.56 Å². The fourth-order valence-electron chi connectivity index (χ4n) is 2.44. The number of carbonyl (C=O) groups is 1. The largest absolute Gasteiger partial charge is 0.371 e. The molecular weight excluding hydrogens is 304 g/mol. The Bertz CT molecular complexity index is 757. The van der Waals surface area contributed by atoms with Gasteiger partial charge in [-0.25, -0.2) is 0 Å². The zero-order chi connectivity index (χ0) is 15.5. The van der Waals surface area contributed by atoms with Crippen molar-refractivity contribution in [2.45, 2.75) is 19.1 Å². The van der Waals surface area contributed by atoms with Crippen molar-refractivity contribution in [3.63, 3.8) is 0 Å². The number of pyridine rings is 1. The van der Waals surface area contributed by atoms with E-state index in [9.17, 15) is 9.59 Å². The number of hydrogen-bond donors (Lipinski definition) is 2. The van der Waals surface area contributed by atoms with Gasteiger partial charge in [0.1, 0.15) is 5.02 Å². The standard InChI is InChI=1S/C16H15ClN2O3/c17-14-6-12(7-18-16(14)21)15(20)19-8-13-5-10-3-1-2-4-11(10)9-22-13/h1-4,6-7,13H,5,8-9H2,(H,18,21)(H,19,20). The summed E-state index contributed by atoms with van der Waals surface area (Å²) in [6, 6.07) is 9.47. The fraction of sp³-hybridized carbons (Fsp3) is 0.250. The third kappa shape index (κ3) is 3.21. The summed E-state index contributed by atoms with van der Waals surface area (Å²) in [6.07, 6.45) is 2.06. The molecule has 2 aromatic rings. The van der Waals surface area contributed by atoms with Gasteiger partial charge in [0.25, 0.3) is 11.5 Å². The van der Waals surface area contributed by atoms with Crippen LogP contribution < -0.4 is 10.9 Å². The Balaban J connectivity index is 1.60. The Hall–Kier alpha value is -2.11. The lowest BCUT2D eigenvalue weighted by molar-refractivity contribution is 0.0285. The first-order chi connectivity index (χ1) is 10.6. The molecule has 0 radical (unpaired) electrons. The summed E-state index contributed by atoms with van der Waals surface area (Å²) in [7, 11) is 0. The van der Waals surface area contributed by atoms with Crippen LogP contribution in [-0.4, -0.2) is 23.5 Å². The van der Waals surface area contributed by atoms with E-state index >= 15 is 0 Å². The van der Waals surface area contributed by atoms with Crippen molar-refractivity contribution in [1.29, 1.82) is 0 Å². The van der Waals surface area contributed by atoms with E-state index in [-0.39, 0.29) is 17.0 Å². The Labute approximate surface area is 132 Å². The van der Waals surface area contributed by atoms with Crippen LogP contribution in [0.25, 0.3) is 0 Å². The van der Waals surface area contributed by atoms with Gasteiger partial charge in [-0.1, -0.05) is 35.9 Å². The molecule has 1 aliphatic rings. The molecule has 1 aromatic heterocycles. The quantitative estimate of drug-likeness (QED) is 0.908. The lowest BCUT2D eigenvalue weighted by atomic mass is 9.99. The molecule has 0 spiro atoms. The van der Waals surface area contributed by atoms with Crippen LogP contribution in [0.5, 0.6) is 0 Å². The van der Waals surface area contributed by atoms with Gasteiger partial charge in [-0.2, -0.15) is 0 Å². The maximum atomic E-state index is 12.0. The highest BCUT2D eigenvalue weighted by Crippen LogP contribution is 2.19. The van der Waals surface area contributed by atoms with Crippen LogP contribution in [0.1, 0.15) is 21.5 Å². The van der Waals surface area contributed by atoms with Crippen LogP contribution in [0.15, 0.2) is 41.3 Å². The van der Waals surface area contributed by atoms with Gasteiger partial charge in [0.15, 0.2) is 0 Å². The first-order valence-electron chi connectivity index (χ1n) is 6.98. The molecule has 5 nitrogen and oxygen atoms in total. The smallest absolute Gasteiger partial charge is 0.266 e. The number of nitrogens with one attached hydrogen (secondary N) is 2. The van der Waals surface area contributed by atoms with Crippen molar-refractivity contribution >= 4 is 17.5 Å². The molecule has 0 fully saturated rings. The van der Waals surface area contributed by atoms with Crippen LogP contribution >= 0.6 is 11.6 Å². The first-order valence-corrected chi connectivity index (χ1v) is 7.36. The molecule has 0 bridgehead atoms. The van der Waals surface area contributed by atoms with E-state index in [4.69, 9.17) is 16.3 Å².